The Bertz CT molecular complexity index is 657. The molecule has 2 unspecified atom stereocenters. The smallest absolute Gasteiger partial charge is 0.228 e. The van der Waals surface area contributed by atoms with Crippen LogP contribution in [0.1, 0.15) is 19.8 Å². The molecule has 1 aromatic carbocycles. The maximum Gasteiger partial charge on any atom is 0.228 e. The lowest BCUT2D eigenvalue weighted by molar-refractivity contribution is -0.135. The second-order valence-electron chi connectivity index (χ2n) is 7.13. The average molecular weight is 384 g/mol. The zero-order chi connectivity index (χ0) is 17.3. The van der Waals surface area contributed by atoms with E-state index in [4.69, 9.17) is 5.73 Å². The van der Waals surface area contributed by atoms with Crippen LogP contribution in [-0.4, -0.2) is 49.1 Å². The van der Waals surface area contributed by atoms with Crippen molar-refractivity contribution in [2.45, 2.75) is 24.7 Å². The van der Waals surface area contributed by atoms with Gasteiger partial charge in [0, 0.05) is 36.6 Å². The molecular weight excluding hydrogens is 358 g/mol. The van der Waals surface area contributed by atoms with Crippen LogP contribution in [0.5, 0.6) is 0 Å². The molecule has 2 N–H and O–H groups in total. The van der Waals surface area contributed by atoms with Crippen molar-refractivity contribution in [1.29, 1.82) is 0 Å². The Labute approximate surface area is 159 Å². The van der Waals surface area contributed by atoms with E-state index in [1.165, 1.54) is 0 Å². The van der Waals surface area contributed by atoms with Gasteiger partial charge in [0.05, 0.1) is 5.92 Å². The normalized spacial score (nSPS) is 26.0. The number of likely N-dealkylation sites (tertiary alicyclic amines) is 1. The predicted molar refractivity (Wildman–Crippen MR) is 104 cm³/mol. The molecule has 0 aromatic heterocycles. The van der Waals surface area contributed by atoms with Gasteiger partial charge in [-0.25, -0.2) is 0 Å². The van der Waals surface area contributed by atoms with Crippen molar-refractivity contribution in [1.82, 2.24) is 4.90 Å². The number of thioether (sulfide) groups is 1. The Hall–Kier alpha value is -1.24. The second-order valence-corrected chi connectivity index (χ2v) is 8.01. The number of hydrogen-bond donors (Lipinski definition) is 1. The quantitative estimate of drug-likeness (QED) is 0.810. The summed E-state index contributed by atoms with van der Waals surface area (Å²) in [5.41, 5.74) is 6.73. The van der Waals surface area contributed by atoms with Gasteiger partial charge in [0.15, 0.2) is 0 Å². The maximum absolute atomic E-state index is 12.8. The van der Waals surface area contributed by atoms with Crippen LogP contribution in [0.4, 0.5) is 5.69 Å². The van der Waals surface area contributed by atoms with E-state index in [0.717, 1.165) is 23.5 Å². The second kappa shape index (κ2) is 7.98. The Morgan fingerprint density at radius 1 is 1.44 bits per heavy atom. The van der Waals surface area contributed by atoms with Crippen LogP contribution >= 0.6 is 24.2 Å². The third-order valence-corrected chi connectivity index (χ3v) is 5.93. The van der Waals surface area contributed by atoms with Crippen molar-refractivity contribution in [2.24, 2.45) is 17.1 Å². The minimum atomic E-state index is -0.240. The number of rotatable bonds is 4. The minimum Gasteiger partial charge on any atom is -0.342 e. The van der Waals surface area contributed by atoms with Gasteiger partial charge < -0.3 is 15.5 Å². The Balaban J connectivity index is 0.00000225. The Morgan fingerprint density at radius 2 is 2.20 bits per heavy atom. The summed E-state index contributed by atoms with van der Waals surface area (Å²) < 4.78 is 0. The van der Waals surface area contributed by atoms with Gasteiger partial charge in [-0.15, -0.1) is 24.2 Å². The number of hydrogen-bond acceptors (Lipinski definition) is 4. The minimum absolute atomic E-state index is 0. The lowest BCUT2D eigenvalue weighted by atomic mass is 9.90. The van der Waals surface area contributed by atoms with Gasteiger partial charge in [0.1, 0.15) is 0 Å². The zero-order valence-electron chi connectivity index (χ0n) is 14.7. The van der Waals surface area contributed by atoms with Crippen molar-refractivity contribution < 1.29 is 9.59 Å². The molecule has 3 rings (SSSR count). The van der Waals surface area contributed by atoms with Crippen LogP contribution in [0.2, 0.25) is 0 Å². The van der Waals surface area contributed by atoms with E-state index in [-0.39, 0.29) is 35.6 Å². The third-order valence-electron chi connectivity index (χ3n) is 5.20. The van der Waals surface area contributed by atoms with Crippen molar-refractivity contribution in [3.63, 3.8) is 0 Å². The predicted octanol–water partition coefficient (Wildman–Crippen LogP) is 2.38. The monoisotopic (exact) mass is 383 g/mol. The highest BCUT2D eigenvalue weighted by Gasteiger charge is 2.41. The summed E-state index contributed by atoms with van der Waals surface area (Å²) in [7, 11) is 0. The van der Waals surface area contributed by atoms with E-state index in [1.807, 2.05) is 35.4 Å². The lowest BCUT2D eigenvalue weighted by Crippen LogP contribution is -2.38. The molecule has 0 spiro atoms. The van der Waals surface area contributed by atoms with Gasteiger partial charge in [-0.2, -0.15) is 0 Å². The molecule has 0 aliphatic carbocycles. The summed E-state index contributed by atoms with van der Waals surface area (Å²) in [5, 5.41) is 0. The summed E-state index contributed by atoms with van der Waals surface area (Å²) >= 11 is 1.65. The molecule has 2 saturated heterocycles. The summed E-state index contributed by atoms with van der Waals surface area (Å²) in [4.78, 5) is 30.0. The molecule has 138 valence electrons. The molecule has 0 saturated carbocycles. The zero-order valence-corrected chi connectivity index (χ0v) is 16.4. The van der Waals surface area contributed by atoms with Crippen LogP contribution in [-0.2, 0) is 9.59 Å². The molecule has 2 fully saturated rings. The highest BCUT2D eigenvalue weighted by atomic mass is 35.5. The average Bonchev–Trinajstić information content (AvgIpc) is 3.18. The summed E-state index contributed by atoms with van der Waals surface area (Å²) in [6.07, 6.45) is 3.26. The van der Waals surface area contributed by atoms with Gasteiger partial charge >= 0.3 is 0 Å². The largest absolute Gasteiger partial charge is 0.342 e. The first kappa shape index (κ1) is 20.1. The number of nitrogens with two attached hydrogens (primary N) is 1. The van der Waals surface area contributed by atoms with Gasteiger partial charge in [-0.1, -0.05) is 13.0 Å². The third kappa shape index (κ3) is 4.13. The molecule has 0 bridgehead atoms. The Kier molecular flexibility index (Phi) is 6.40. The van der Waals surface area contributed by atoms with Gasteiger partial charge in [0.25, 0.3) is 0 Å². The van der Waals surface area contributed by atoms with Crippen LogP contribution in [0.15, 0.2) is 29.2 Å². The van der Waals surface area contributed by atoms with E-state index in [9.17, 15) is 9.59 Å². The number of anilines is 1. The summed E-state index contributed by atoms with van der Waals surface area (Å²) in [5.74, 6) is -0.105. The maximum atomic E-state index is 12.8. The molecule has 25 heavy (non-hydrogen) atoms. The van der Waals surface area contributed by atoms with Crippen LogP contribution in [0.3, 0.4) is 0 Å². The lowest BCUT2D eigenvalue weighted by Gasteiger charge is -2.24. The van der Waals surface area contributed by atoms with Crippen molar-refractivity contribution in [3.05, 3.63) is 24.3 Å². The summed E-state index contributed by atoms with van der Waals surface area (Å²) in [6.45, 7) is 4.65. The van der Waals surface area contributed by atoms with Gasteiger partial charge in [-0.05, 0) is 42.8 Å². The molecule has 1 aromatic rings. The standard InChI is InChI=1S/C18H25N3O2S.ClH/c1-18(11-19)6-7-20(12-18)17(23)13-8-16(22)21(10-13)14-4-3-5-15(9-14)24-2;/h3-5,9,13H,6-8,10-12,19H2,1-2H3;1H. The van der Waals surface area contributed by atoms with Gasteiger partial charge in [-0.3, -0.25) is 9.59 Å². The fourth-order valence-electron chi connectivity index (χ4n) is 3.54. The highest BCUT2D eigenvalue weighted by molar-refractivity contribution is 7.98. The first-order valence-corrected chi connectivity index (χ1v) is 9.61. The van der Waals surface area contributed by atoms with Crippen LogP contribution in [0.25, 0.3) is 0 Å². The first-order chi connectivity index (χ1) is 11.5. The highest BCUT2D eigenvalue weighted by Crippen LogP contribution is 2.33. The van der Waals surface area contributed by atoms with Crippen LogP contribution in [0, 0.1) is 11.3 Å². The number of nitrogens with zero attached hydrogens (tertiary/aromatic N) is 2. The number of carbonyl (C=O) groups is 2. The first-order valence-electron chi connectivity index (χ1n) is 8.39. The molecule has 2 aliphatic heterocycles. The molecule has 5 nitrogen and oxygen atoms in total. The molecule has 0 radical (unpaired) electrons. The summed E-state index contributed by atoms with van der Waals surface area (Å²) in [6, 6.07) is 7.93. The molecule has 7 heteroatoms. The number of carbonyl (C=O) groups excluding carboxylic acids is 2. The molecule has 2 amide bonds. The number of amides is 2. The van der Waals surface area contributed by atoms with Crippen molar-refractivity contribution >= 4 is 41.7 Å². The SMILES string of the molecule is CSc1cccc(N2CC(C(=O)N3CCC(C)(CN)C3)CC2=O)c1.Cl. The van der Waals surface area contributed by atoms with Crippen molar-refractivity contribution in [3.8, 4) is 0 Å². The fraction of sp³-hybridized carbons (Fsp3) is 0.556. The van der Waals surface area contributed by atoms with E-state index >= 15 is 0 Å². The van der Waals surface area contributed by atoms with Crippen molar-refractivity contribution in [2.75, 3.05) is 37.3 Å². The van der Waals surface area contributed by atoms with E-state index < -0.39 is 0 Å². The number of benzene rings is 1. The van der Waals surface area contributed by atoms with E-state index in [0.29, 0.717) is 26.1 Å². The number of halogens is 1. The fourth-order valence-corrected chi connectivity index (χ4v) is 3.99. The molecular formula is C18H26ClN3O2S. The molecule has 2 aliphatic rings. The topological polar surface area (TPSA) is 66.6 Å². The Morgan fingerprint density at radius 3 is 2.84 bits per heavy atom. The van der Waals surface area contributed by atoms with E-state index in [1.54, 1.807) is 16.7 Å². The van der Waals surface area contributed by atoms with Crippen LogP contribution < -0.4 is 10.6 Å². The van der Waals surface area contributed by atoms with E-state index in [2.05, 4.69) is 6.92 Å². The van der Waals surface area contributed by atoms with Gasteiger partial charge in [0.2, 0.25) is 11.8 Å². The molecule has 2 heterocycles. The molecule has 2 atom stereocenters.